The number of alkyl halides is 3. The first kappa shape index (κ1) is 13.4. The van der Waals surface area contributed by atoms with E-state index in [2.05, 4.69) is 9.05 Å². The van der Waals surface area contributed by atoms with E-state index in [4.69, 9.17) is 5.26 Å². The minimum atomic E-state index is -4.92. The number of hydrogen-bond donors (Lipinski definition) is 0. The molecule has 0 saturated carbocycles. The summed E-state index contributed by atoms with van der Waals surface area (Å²) in [5.74, 6) is 0. The molecule has 0 aliphatic rings. The zero-order valence-corrected chi connectivity index (χ0v) is 8.43. The van der Waals surface area contributed by atoms with Gasteiger partial charge in [-0.3, -0.25) is 4.57 Å². The molecule has 0 aromatic carbocycles. The van der Waals surface area contributed by atoms with Crippen molar-refractivity contribution in [3.63, 3.8) is 0 Å². The van der Waals surface area contributed by atoms with E-state index >= 15 is 0 Å². The minimum Gasteiger partial charge on any atom is -0.311 e. The predicted octanol–water partition coefficient (Wildman–Crippen LogP) is 2.32. The van der Waals surface area contributed by atoms with E-state index in [1.807, 2.05) is 0 Å². The molecular weight excluding hydrogens is 222 g/mol. The lowest BCUT2D eigenvalue weighted by Gasteiger charge is -2.21. The Morgan fingerprint density at radius 3 is 2.29 bits per heavy atom. The summed E-state index contributed by atoms with van der Waals surface area (Å²) in [6.07, 6.45) is -4.92. The molecular formula is C6H9F3NO3P. The second-order valence-electron chi connectivity index (χ2n) is 2.21. The van der Waals surface area contributed by atoms with E-state index in [0.29, 0.717) is 0 Å². The lowest BCUT2D eigenvalue weighted by atomic mass is 10.5. The Morgan fingerprint density at radius 2 is 2.07 bits per heavy atom. The topological polar surface area (TPSA) is 59.3 Å². The van der Waals surface area contributed by atoms with Crippen LogP contribution in [-0.4, -0.2) is 25.6 Å². The third-order valence-electron chi connectivity index (χ3n) is 1.31. The van der Waals surface area contributed by atoms with Gasteiger partial charge in [-0.2, -0.15) is 18.4 Å². The molecule has 14 heavy (non-hydrogen) atoms. The molecule has 0 fully saturated rings. The second kappa shape index (κ2) is 4.78. The fourth-order valence-corrected chi connectivity index (χ4v) is 2.06. The highest BCUT2D eigenvalue weighted by atomic mass is 31.2. The third-order valence-corrected chi connectivity index (χ3v) is 3.48. The van der Waals surface area contributed by atoms with Crippen LogP contribution in [-0.2, 0) is 13.6 Å². The molecule has 0 bridgehead atoms. The predicted molar refractivity (Wildman–Crippen MR) is 41.7 cm³/mol. The molecule has 0 N–H and O–H groups in total. The molecule has 0 rings (SSSR count). The van der Waals surface area contributed by atoms with Gasteiger partial charge < -0.3 is 9.05 Å². The van der Waals surface area contributed by atoms with Gasteiger partial charge in [0.2, 0.25) is 5.66 Å². The van der Waals surface area contributed by atoms with Gasteiger partial charge in [-0.15, -0.1) is 0 Å². The summed E-state index contributed by atoms with van der Waals surface area (Å²) in [5.41, 5.74) is -2.74. The Balaban J connectivity index is 5.01. The molecule has 0 aromatic heterocycles. The summed E-state index contributed by atoms with van der Waals surface area (Å²) < 4.78 is 56.4. The first-order valence-electron chi connectivity index (χ1n) is 3.58. The van der Waals surface area contributed by atoms with Crippen LogP contribution in [0.15, 0.2) is 0 Å². The van der Waals surface area contributed by atoms with E-state index in [-0.39, 0.29) is 6.61 Å². The first-order chi connectivity index (χ1) is 6.31. The van der Waals surface area contributed by atoms with Crippen LogP contribution >= 0.6 is 7.60 Å². The summed E-state index contributed by atoms with van der Waals surface area (Å²) in [7, 11) is -3.61. The van der Waals surface area contributed by atoms with Crippen LogP contribution in [0, 0.1) is 11.3 Å². The van der Waals surface area contributed by atoms with Crippen molar-refractivity contribution in [1.29, 1.82) is 5.26 Å². The zero-order chi connectivity index (χ0) is 11.4. The lowest BCUT2D eigenvalue weighted by molar-refractivity contribution is -0.124. The molecule has 0 aromatic rings. The number of halogens is 3. The second-order valence-corrected chi connectivity index (χ2v) is 4.43. The van der Waals surface area contributed by atoms with Gasteiger partial charge in [-0.1, -0.05) is 0 Å². The van der Waals surface area contributed by atoms with E-state index in [1.165, 1.54) is 6.92 Å². The van der Waals surface area contributed by atoms with E-state index in [9.17, 15) is 17.7 Å². The molecule has 8 heteroatoms. The summed E-state index contributed by atoms with van der Waals surface area (Å²) in [5, 5.41) is 8.25. The summed E-state index contributed by atoms with van der Waals surface area (Å²) >= 11 is 0. The molecule has 0 amide bonds. The Kier molecular flexibility index (Phi) is 4.59. The molecule has 2 atom stereocenters. The fraction of sp³-hybridized carbons (Fsp3) is 0.833. The standard InChI is InChI=1S/C6H9F3NO3P/c1-3-13-14(11,12-2)5(4-10)6(7,8)9/h5H,3H2,1-2H3. The maximum atomic E-state index is 12.2. The normalized spacial score (nSPS) is 18.3. The molecule has 0 aliphatic carbocycles. The molecule has 82 valence electrons. The van der Waals surface area contributed by atoms with E-state index in [0.717, 1.165) is 13.2 Å². The first-order valence-corrected chi connectivity index (χ1v) is 5.19. The van der Waals surface area contributed by atoms with E-state index < -0.39 is 19.4 Å². The maximum absolute atomic E-state index is 12.2. The van der Waals surface area contributed by atoms with Crippen molar-refractivity contribution in [2.24, 2.45) is 0 Å². The highest BCUT2D eigenvalue weighted by molar-refractivity contribution is 7.55. The molecule has 0 radical (unpaired) electrons. The van der Waals surface area contributed by atoms with Crippen molar-refractivity contribution < 1.29 is 26.8 Å². The number of rotatable bonds is 4. The number of hydrogen-bond acceptors (Lipinski definition) is 4. The third kappa shape index (κ3) is 2.98. The molecule has 0 heterocycles. The fourth-order valence-electron chi connectivity index (χ4n) is 0.736. The average Bonchev–Trinajstić information content (AvgIpc) is 2.03. The molecule has 0 saturated heterocycles. The van der Waals surface area contributed by atoms with Crippen molar-refractivity contribution in [1.82, 2.24) is 0 Å². The van der Waals surface area contributed by atoms with Crippen molar-refractivity contribution in [3.8, 4) is 6.07 Å². The average molecular weight is 231 g/mol. The van der Waals surface area contributed by atoms with Crippen LogP contribution in [0.1, 0.15) is 6.92 Å². The van der Waals surface area contributed by atoms with Crippen LogP contribution in [0.5, 0.6) is 0 Å². The van der Waals surface area contributed by atoms with Crippen molar-refractivity contribution in [2.45, 2.75) is 18.8 Å². The summed E-state index contributed by atoms with van der Waals surface area (Å²) in [6.45, 7) is 1.13. The Labute approximate surface area is 79.1 Å². The Hall–Kier alpha value is -0.570. The van der Waals surface area contributed by atoms with Gasteiger partial charge in [-0.25, -0.2) is 0 Å². The minimum absolute atomic E-state index is 0.223. The number of nitriles is 1. The van der Waals surface area contributed by atoms with Crippen molar-refractivity contribution in [2.75, 3.05) is 13.7 Å². The summed E-state index contributed by atoms with van der Waals surface area (Å²) in [6, 6.07) is 0.880. The molecule has 2 unspecified atom stereocenters. The SMILES string of the molecule is CCOP(=O)(OC)C(C#N)C(F)(F)F. The smallest absolute Gasteiger partial charge is 0.311 e. The van der Waals surface area contributed by atoms with E-state index in [1.54, 1.807) is 0 Å². The van der Waals surface area contributed by atoms with Crippen LogP contribution in [0.2, 0.25) is 0 Å². The Bertz CT molecular complexity index is 272. The van der Waals surface area contributed by atoms with Crippen molar-refractivity contribution >= 4 is 7.60 Å². The Morgan fingerprint density at radius 1 is 1.57 bits per heavy atom. The highest BCUT2D eigenvalue weighted by Gasteiger charge is 2.54. The monoisotopic (exact) mass is 231 g/mol. The maximum Gasteiger partial charge on any atom is 0.415 e. The van der Waals surface area contributed by atoms with Gasteiger partial charge >= 0.3 is 13.8 Å². The van der Waals surface area contributed by atoms with Crippen LogP contribution in [0.4, 0.5) is 13.2 Å². The quantitative estimate of drug-likeness (QED) is 0.696. The molecule has 0 aliphatic heterocycles. The zero-order valence-electron chi connectivity index (χ0n) is 7.54. The van der Waals surface area contributed by atoms with Crippen LogP contribution < -0.4 is 0 Å². The van der Waals surface area contributed by atoms with Gasteiger partial charge in [0, 0.05) is 7.11 Å². The summed E-state index contributed by atoms with van der Waals surface area (Å²) in [4.78, 5) is 0. The molecule has 4 nitrogen and oxygen atoms in total. The van der Waals surface area contributed by atoms with Crippen LogP contribution in [0.3, 0.4) is 0 Å². The van der Waals surface area contributed by atoms with Gasteiger partial charge in [0.1, 0.15) is 0 Å². The van der Waals surface area contributed by atoms with Gasteiger partial charge in [-0.05, 0) is 6.92 Å². The number of nitrogens with zero attached hydrogens (tertiary/aromatic N) is 1. The van der Waals surface area contributed by atoms with Gasteiger partial charge in [0.25, 0.3) is 0 Å². The lowest BCUT2D eigenvalue weighted by Crippen LogP contribution is -2.28. The van der Waals surface area contributed by atoms with Gasteiger partial charge in [0.15, 0.2) is 0 Å². The van der Waals surface area contributed by atoms with Gasteiger partial charge in [0.05, 0.1) is 12.7 Å². The molecule has 0 spiro atoms. The largest absolute Gasteiger partial charge is 0.415 e. The van der Waals surface area contributed by atoms with Crippen molar-refractivity contribution in [3.05, 3.63) is 0 Å². The highest BCUT2D eigenvalue weighted by Crippen LogP contribution is 2.57. The van der Waals surface area contributed by atoms with Crippen LogP contribution in [0.25, 0.3) is 0 Å².